The molecule has 0 amide bonds. The minimum atomic E-state index is -2.33. The van der Waals surface area contributed by atoms with Crippen molar-refractivity contribution in [1.29, 1.82) is 0 Å². The van der Waals surface area contributed by atoms with E-state index >= 15 is 0 Å². The molecule has 2 rings (SSSR count). The first-order valence-electron chi connectivity index (χ1n) is 6.14. The van der Waals surface area contributed by atoms with Crippen LogP contribution in [0.15, 0.2) is 24.3 Å². The number of para-hydroxylation sites is 1. The van der Waals surface area contributed by atoms with Gasteiger partial charge in [0.05, 0.1) is 6.54 Å². The summed E-state index contributed by atoms with van der Waals surface area (Å²) in [5.74, 6) is 0.868. The molecule has 100 valence electrons. The summed E-state index contributed by atoms with van der Waals surface area (Å²) < 4.78 is 30.6. The number of ether oxygens (including phenoxy) is 1. The molecular weight excluding hydrogens is 238 g/mol. The number of halogens is 2. The Morgan fingerprint density at radius 1 is 1.39 bits per heavy atom. The van der Waals surface area contributed by atoms with Gasteiger partial charge in [-0.15, -0.1) is 0 Å². The fraction of sp³-hybridized carbons (Fsp3) is 0.538. The van der Waals surface area contributed by atoms with Gasteiger partial charge in [0.25, 0.3) is 6.43 Å². The highest BCUT2D eigenvalue weighted by Gasteiger charge is 2.25. The predicted octanol–water partition coefficient (Wildman–Crippen LogP) is 1.52. The Morgan fingerprint density at radius 3 is 2.83 bits per heavy atom. The molecule has 1 unspecified atom stereocenters. The number of fused-ring (bicyclic) bond motifs is 1. The normalized spacial score (nSPS) is 18.2. The van der Waals surface area contributed by atoms with E-state index in [0.29, 0.717) is 19.6 Å². The summed E-state index contributed by atoms with van der Waals surface area (Å²) in [5.41, 5.74) is 6.58. The molecule has 0 saturated carbocycles. The largest absolute Gasteiger partial charge is 0.488 e. The van der Waals surface area contributed by atoms with E-state index in [2.05, 4.69) is 0 Å². The van der Waals surface area contributed by atoms with Crippen LogP contribution >= 0.6 is 0 Å². The van der Waals surface area contributed by atoms with Gasteiger partial charge in [-0.1, -0.05) is 18.2 Å². The van der Waals surface area contributed by atoms with Crippen LogP contribution in [-0.2, 0) is 6.42 Å². The molecule has 0 radical (unpaired) electrons. The van der Waals surface area contributed by atoms with Gasteiger partial charge in [-0.25, -0.2) is 8.78 Å². The molecule has 1 aliphatic rings. The van der Waals surface area contributed by atoms with Gasteiger partial charge >= 0.3 is 0 Å². The Morgan fingerprint density at radius 2 is 2.17 bits per heavy atom. The van der Waals surface area contributed by atoms with Crippen LogP contribution in [0.4, 0.5) is 8.78 Å². The summed E-state index contributed by atoms with van der Waals surface area (Å²) in [4.78, 5) is 1.67. The third kappa shape index (κ3) is 3.40. The lowest BCUT2D eigenvalue weighted by molar-refractivity contribution is 0.0685. The van der Waals surface area contributed by atoms with E-state index in [1.165, 1.54) is 0 Å². The van der Waals surface area contributed by atoms with Gasteiger partial charge in [0.2, 0.25) is 0 Å². The highest BCUT2D eigenvalue weighted by atomic mass is 19.3. The lowest BCUT2D eigenvalue weighted by Gasteiger charge is -2.24. The van der Waals surface area contributed by atoms with Crippen molar-refractivity contribution in [2.75, 3.05) is 26.2 Å². The molecule has 0 aromatic heterocycles. The molecule has 1 aliphatic heterocycles. The SMILES string of the molecule is NCCN(CC(F)F)CC1Cc2ccccc2O1. The number of alkyl halides is 2. The molecule has 1 aromatic rings. The lowest BCUT2D eigenvalue weighted by Crippen LogP contribution is -2.40. The van der Waals surface area contributed by atoms with Crippen molar-refractivity contribution < 1.29 is 13.5 Å². The second kappa shape index (κ2) is 6.11. The van der Waals surface area contributed by atoms with E-state index in [0.717, 1.165) is 17.7 Å². The quantitative estimate of drug-likeness (QED) is 0.838. The Labute approximate surface area is 106 Å². The van der Waals surface area contributed by atoms with Crippen LogP contribution in [0.3, 0.4) is 0 Å². The number of rotatable bonds is 6. The third-order valence-corrected chi connectivity index (χ3v) is 3.02. The zero-order valence-electron chi connectivity index (χ0n) is 10.2. The van der Waals surface area contributed by atoms with Crippen LogP contribution in [0.25, 0.3) is 0 Å². The lowest BCUT2D eigenvalue weighted by atomic mass is 10.1. The molecule has 5 heteroatoms. The van der Waals surface area contributed by atoms with Crippen molar-refractivity contribution in [3.8, 4) is 5.75 Å². The topological polar surface area (TPSA) is 38.5 Å². The maximum Gasteiger partial charge on any atom is 0.251 e. The van der Waals surface area contributed by atoms with Gasteiger partial charge < -0.3 is 10.5 Å². The Balaban J connectivity index is 1.90. The van der Waals surface area contributed by atoms with Gasteiger partial charge in [-0.2, -0.15) is 0 Å². The smallest absolute Gasteiger partial charge is 0.251 e. The number of nitrogens with zero attached hydrogens (tertiary/aromatic N) is 1. The maximum atomic E-state index is 12.4. The number of benzene rings is 1. The van der Waals surface area contributed by atoms with Crippen molar-refractivity contribution in [2.24, 2.45) is 5.73 Å². The first-order valence-corrected chi connectivity index (χ1v) is 6.14. The maximum absolute atomic E-state index is 12.4. The zero-order valence-corrected chi connectivity index (χ0v) is 10.2. The first kappa shape index (κ1) is 13.2. The molecule has 1 heterocycles. The molecule has 0 saturated heterocycles. The Kier molecular flexibility index (Phi) is 4.49. The van der Waals surface area contributed by atoms with Crippen molar-refractivity contribution in [2.45, 2.75) is 19.0 Å². The summed E-state index contributed by atoms with van der Waals surface area (Å²) in [7, 11) is 0. The van der Waals surface area contributed by atoms with Crippen LogP contribution in [-0.4, -0.2) is 43.6 Å². The average Bonchev–Trinajstić information content (AvgIpc) is 2.70. The Bertz CT molecular complexity index is 362. The van der Waals surface area contributed by atoms with E-state index in [1.807, 2.05) is 24.3 Å². The molecule has 2 N–H and O–H groups in total. The second-order valence-corrected chi connectivity index (χ2v) is 4.49. The minimum absolute atomic E-state index is 0.0484. The van der Waals surface area contributed by atoms with Crippen molar-refractivity contribution in [3.05, 3.63) is 29.8 Å². The van der Waals surface area contributed by atoms with Crippen molar-refractivity contribution in [1.82, 2.24) is 4.90 Å². The molecule has 0 aliphatic carbocycles. The van der Waals surface area contributed by atoms with Crippen LogP contribution in [0.5, 0.6) is 5.75 Å². The standard InChI is InChI=1S/C13H18F2N2O/c14-13(15)9-17(6-5-16)8-11-7-10-3-1-2-4-12(10)18-11/h1-4,11,13H,5-9,16H2. The van der Waals surface area contributed by atoms with E-state index in [9.17, 15) is 8.78 Å². The van der Waals surface area contributed by atoms with Gasteiger partial charge in [-0.3, -0.25) is 4.90 Å². The predicted molar refractivity (Wildman–Crippen MR) is 66.1 cm³/mol. The van der Waals surface area contributed by atoms with Crippen molar-refractivity contribution in [3.63, 3.8) is 0 Å². The molecule has 0 bridgehead atoms. The number of hydrogen-bond acceptors (Lipinski definition) is 3. The molecule has 18 heavy (non-hydrogen) atoms. The van der Waals surface area contributed by atoms with Gasteiger partial charge in [-0.05, 0) is 11.6 Å². The summed E-state index contributed by atoms with van der Waals surface area (Å²) in [6, 6.07) is 7.80. The number of hydrogen-bond donors (Lipinski definition) is 1. The van der Waals surface area contributed by atoms with Gasteiger partial charge in [0.1, 0.15) is 11.9 Å². The first-order chi connectivity index (χ1) is 8.69. The van der Waals surface area contributed by atoms with Crippen LogP contribution in [0, 0.1) is 0 Å². The highest BCUT2D eigenvalue weighted by Crippen LogP contribution is 2.28. The molecule has 3 nitrogen and oxygen atoms in total. The molecule has 1 atom stereocenters. The van der Waals surface area contributed by atoms with Gasteiger partial charge in [0, 0.05) is 26.1 Å². The van der Waals surface area contributed by atoms with Crippen LogP contribution < -0.4 is 10.5 Å². The zero-order chi connectivity index (χ0) is 13.0. The summed E-state index contributed by atoms with van der Waals surface area (Å²) in [6.07, 6.45) is -1.60. The van der Waals surface area contributed by atoms with Crippen LogP contribution in [0.1, 0.15) is 5.56 Å². The van der Waals surface area contributed by atoms with Gasteiger partial charge in [0.15, 0.2) is 0 Å². The van der Waals surface area contributed by atoms with Crippen molar-refractivity contribution >= 4 is 0 Å². The minimum Gasteiger partial charge on any atom is -0.488 e. The van der Waals surface area contributed by atoms with E-state index < -0.39 is 6.43 Å². The van der Waals surface area contributed by atoms with E-state index in [-0.39, 0.29) is 12.6 Å². The summed E-state index contributed by atoms with van der Waals surface area (Å²) in [6.45, 7) is 1.11. The Hall–Kier alpha value is -1.20. The third-order valence-electron chi connectivity index (χ3n) is 3.02. The second-order valence-electron chi connectivity index (χ2n) is 4.49. The monoisotopic (exact) mass is 256 g/mol. The molecule has 0 spiro atoms. The summed E-state index contributed by atoms with van der Waals surface area (Å²) in [5, 5.41) is 0. The van der Waals surface area contributed by atoms with Crippen LogP contribution in [0.2, 0.25) is 0 Å². The molecule has 1 aromatic carbocycles. The van der Waals surface area contributed by atoms with E-state index in [1.54, 1.807) is 4.90 Å². The number of nitrogens with two attached hydrogens (primary N) is 1. The fourth-order valence-corrected chi connectivity index (χ4v) is 2.28. The van der Waals surface area contributed by atoms with E-state index in [4.69, 9.17) is 10.5 Å². The molecular formula is C13H18F2N2O. The summed E-state index contributed by atoms with van der Waals surface area (Å²) >= 11 is 0. The molecule has 0 fully saturated rings. The average molecular weight is 256 g/mol. The fourth-order valence-electron chi connectivity index (χ4n) is 2.28. The highest BCUT2D eigenvalue weighted by molar-refractivity contribution is 5.37.